The Labute approximate surface area is 107 Å². The molecule has 1 saturated heterocycles. The minimum Gasteiger partial charge on any atom is -0.463 e. The molecule has 0 unspecified atom stereocenters. The van der Waals surface area contributed by atoms with Gasteiger partial charge in [-0.3, -0.25) is 4.79 Å². The standard InChI is InChI=1S/C13H18N3O2/c1-10-9-11(2)15-13(14-10)18-8-4-7-16-6-3-5-12(16)17/h3-8H2,1-2H3. The van der Waals surface area contributed by atoms with E-state index in [0.29, 0.717) is 19.0 Å². The number of nitrogens with zero attached hydrogens (tertiary/aromatic N) is 3. The Morgan fingerprint density at radius 3 is 2.67 bits per heavy atom. The average molecular weight is 248 g/mol. The number of carbonyl (C=O) groups is 1. The van der Waals surface area contributed by atoms with Crippen molar-refractivity contribution in [1.82, 2.24) is 14.9 Å². The van der Waals surface area contributed by atoms with E-state index in [-0.39, 0.29) is 5.91 Å². The van der Waals surface area contributed by atoms with Crippen LogP contribution in [-0.2, 0) is 4.79 Å². The molecule has 18 heavy (non-hydrogen) atoms. The van der Waals surface area contributed by atoms with E-state index in [1.54, 1.807) is 0 Å². The summed E-state index contributed by atoms with van der Waals surface area (Å²) in [6, 6.07) is 3.40. The van der Waals surface area contributed by atoms with Gasteiger partial charge in [0.25, 0.3) is 0 Å². The topological polar surface area (TPSA) is 55.3 Å². The molecule has 1 amide bonds. The fourth-order valence-electron chi connectivity index (χ4n) is 2.05. The summed E-state index contributed by atoms with van der Waals surface area (Å²) in [6.45, 7) is 5.91. The van der Waals surface area contributed by atoms with Crippen molar-refractivity contribution in [1.29, 1.82) is 0 Å². The van der Waals surface area contributed by atoms with Gasteiger partial charge in [-0.1, -0.05) is 0 Å². The van der Waals surface area contributed by atoms with E-state index in [1.807, 2.05) is 18.7 Å². The highest BCUT2D eigenvalue weighted by Crippen LogP contribution is 2.10. The van der Waals surface area contributed by atoms with Gasteiger partial charge in [0, 0.05) is 25.6 Å². The van der Waals surface area contributed by atoms with Gasteiger partial charge in [0.05, 0.1) is 18.0 Å². The normalized spacial score (nSPS) is 15.2. The molecule has 2 heterocycles. The Morgan fingerprint density at radius 2 is 2.06 bits per heavy atom. The average Bonchev–Trinajstić information content (AvgIpc) is 2.69. The summed E-state index contributed by atoms with van der Waals surface area (Å²) < 4.78 is 5.48. The Hall–Kier alpha value is -1.65. The molecule has 1 aliphatic heterocycles. The molecule has 0 bridgehead atoms. The van der Waals surface area contributed by atoms with Crippen LogP contribution in [0.25, 0.3) is 0 Å². The van der Waals surface area contributed by atoms with Crippen LogP contribution in [0.2, 0.25) is 0 Å². The van der Waals surface area contributed by atoms with Crippen molar-refractivity contribution in [2.75, 3.05) is 19.7 Å². The molecule has 1 aromatic heterocycles. The lowest BCUT2D eigenvalue weighted by Gasteiger charge is -2.15. The first-order valence-corrected chi connectivity index (χ1v) is 6.30. The van der Waals surface area contributed by atoms with E-state index in [9.17, 15) is 4.79 Å². The summed E-state index contributed by atoms with van der Waals surface area (Å²) in [5.74, 6) is 0.257. The van der Waals surface area contributed by atoms with Crippen LogP contribution in [0.3, 0.4) is 0 Å². The van der Waals surface area contributed by atoms with Crippen LogP contribution < -0.4 is 4.74 Å². The van der Waals surface area contributed by atoms with Gasteiger partial charge < -0.3 is 9.64 Å². The van der Waals surface area contributed by atoms with Crippen LogP contribution in [0.4, 0.5) is 0 Å². The zero-order valence-corrected chi connectivity index (χ0v) is 10.9. The largest absolute Gasteiger partial charge is 0.463 e. The first kappa shape index (κ1) is 12.8. The van der Waals surface area contributed by atoms with Crippen LogP contribution in [0, 0.1) is 19.9 Å². The van der Waals surface area contributed by atoms with Gasteiger partial charge in [-0.15, -0.1) is 0 Å². The van der Waals surface area contributed by atoms with Crippen LogP contribution in [-0.4, -0.2) is 40.5 Å². The fraction of sp³-hybridized carbons (Fsp3) is 0.615. The second-order valence-electron chi connectivity index (χ2n) is 4.49. The highest BCUT2D eigenvalue weighted by atomic mass is 16.5. The molecule has 0 aromatic carbocycles. The number of aryl methyl sites for hydroxylation is 2. The maximum absolute atomic E-state index is 11.4. The summed E-state index contributed by atoms with van der Waals surface area (Å²) >= 11 is 0. The van der Waals surface area contributed by atoms with Gasteiger partial charge in [-0.2, -0.15) is 9.97 Å². The van der Waals surface area contributed by atoms with Crippen LogP contribution in [0.1, 0.15) is 30.7 Å². The predicted molar refractivity (Wildman–Crippen MR) is 66.3 cm³/mol. The van der Waals surface area contributed by atoms with Crippen LogP contribution in [0.5, 0.6) is 6.01 Å². The zero-order chi connectivity index (χ0) is 13.0. The molecular weight excluding hydrogens is 230 g/mol. The second kappa shape index (κ2) is 5.80. The highest BCUT2D eigenvalue weighted by molar-refractivity contribution is 5.77. The Morgan fingerprint density at radius 1 is 1.33 bits per heavy atom. The molecule has 1 aliphatic rings. The number of carbonyl (C=O) groups excluding carboxylic acids is 1. The number of hydrogen-bond donors (Lipinski definition) is 0. The molecule has 1 fully saturated rings. The van der Waals surface area contributed by atoms with Crippen molar-refractivity contribution in [2.45, 2.75) is 33.1 Å². The monoisotopic (exact) mass is 248 g/mol. The molecule has 1 aromatic rings. The first-order valence-electron chi connectivity index (χ1n) is 6.30. The molecule has 0 spiro atoms. The third-order valence-corrected chi connectivity index (χ3v) is 2.86. The van der Waals surface area contributed by atoms with E-state index in [4.69, 9.17) is 4.74 Å². The van der Waals surface area contributed by atoms with Crippen LogP contribution in [0.15, 0.2) is 0 Å². The van der Waals surface area contributed by atoms with Crippen molar-refractivity contribution in [2.24, 2.45) is 0 Å². The molecule has 2 rings (SSSR count). The van der Waals surface area contributed by atoms with Gasteiger partial charge in [0.1, 0.15) is 0 Å². The van der Waals surface area contributed by atoms with Crippen molar-refractivity contribution < 1.29 is 9.53 Å². The van der Waals surface area contributed by atoms with Crippen molar-refractivity contribution in [3.63, 3.8) is 0 Å². The minimum atomic E-state index is 0.257. The smallest absolute Gasteiger partial charge is 0.316 e. The maximum atomic E-state index is 11.4. The molecule has 1 radical (unpaired) electrons. The Bertz CT molecular complexity index is 414. The lowest BCUT2D eigenvalue weighted by Crippen LogP contribution is -2.26. The van der Waals surface area contributed by atoms with E-state index in [1.165, 1.54) is 0 Å². The zero-order valence-electron chi connectivity index (χ0n) is 10.9. The van der Waals surface area contributed by atoms with Crippen molar-refractivity contribution in [3.05, 3.63) is 17.5 Å². The molecule has 97 valence electrons. The summed E-state index contributed by atoms with van der Waals surface area (Å²) in [6.07, 6.45) is 2.48. The van der Waals surface area contributed by atoms with Crippen molar-refractivity contribution in [3.8, 4) is 6.01 Å². The molecule has 5 heteroatoms. The quantitative estimate of drug-likeness (QED) is 0.737. The second-order valence-corrected chi connectivity index (χ2v) is 4.49. The third kappa shape index (κ3) is 3.42. The predicted octanol–water partition coefficient (Wildman–Crippen LogP) is 1.28. The van der Waals surface area contributed by atoms with Gasteiger partial charge in [0.2, 0.25) is 5.91 Å². The van der Waals surface area contributed by atoms with Crippen LogP contribution >= 0.6 is 0 Å². The summed E-state index contributed by atoms with van der Waals surface area (Å²) in [4.78, 5) is 21.6. The van der Waals surface area contributed by atoms with Gasteiger partial charge in [-0.25, -0.2) is 0 Å². The maximum Gasteiger partial charge on any atom is 0.316 e. The number of ether oxygens (including phenoxy) is 1. The molecule has 0 saturated carbocycles. The van der Waals surface area contributed by atoms with E-state index < -0.39 is 0 Å². The summed E-state index contributed by atoms with van der Waals surface area (Å²) in [5, 5.41) is 0. The number of hydrogen-bond acceptors (Lipinski definition) is 4. The van der Waals surface area contributed by atoms with E-state index in [0.717, 1.165) is 37.3 Å². The van der Waals surface area contributed by atoms with Gasteiger partial charge in [0.15, 0.2) is 0 Å². The lowest BCUT2D eigenvalue weighted by molar-refractivity contribution is -0.127. The lowest BCUT2D eigenvalue weighted by atomic mass is 10.4. The first-order chi connectivity index (χ1) is 8.65. The van der Waals surface area contributed by atoms with E-state index >= 15 is 0 Å². The summed E-state index contributed by atoms with van der Waals surface area (Å²) in [5.41, 5.74) is 1.57. The molecule has 0 N–H and O–H groups in total. The number of rotatable bonds is 5. The van der Waals surface area contributed by atoms with E-state index in [2.05, 4.69) is 16.0 Å². The summed E-state index contributed by atoms with van der Waals surface area (Å²) in [7, 11) is 0. The van der Waals surface area contributed by atoms with Gasteiger partial charge in [-0.05, 0) is 26.7 Å². The molecule has 0 aliphatic carbocycles. The molecular formula is C13H18N3O2. The fourth-order valence-corrected chi connectivity index (χ4v) is 2.05. The molecule has 5 nitrogen and oxygen atoms in total. The molecule has 0 atom stereocenters. The van der Waals surface area contributed by atoms with Gasteiger partial charge >= 0.3 is 6.01 Å². The highest BCUT2D eigenvalue weighted by Gasteiger charge is 2.19. The SMILES string of the molecule is Cc1[c]c(C)nc(OCCCN2CCCC2=O)n1. The Balaban J connectivity index is 1.73. The minimum absolute atomic E-state index is 0.257. The van der Waals surface area contributed by atoms with Crippen molar-refractivity contribution >= 4 is 5.91 Å². The third-order valence-electron chi connectivity index (χ3n) is 2.86. The Kier molecular flexibility index (Phi) is 4.12. The number of likely N-dealkylation sites (tertiary alicyclic amines) is 1. The number of amides is 1. The number of aromatic nitrogens is 2.